The van der Waals surface area contributed by atoms with Gasteiger partial charge in [-0.3, -0.25) is 0 Å². The van der Waals surface area contributed by atoms with Gasteiger partial charge in [-0.1, -0.05) is 41.6 Å². The van der Waals surface area contributed by atoms with Crippen LogP contribution in [0.2, 0.25) is 0 Å². The topological polar surface area (TPSA) is 59.2 Å². The number of hydrogen-bond acceptors (Lipinski definition) is 4. The SMILES string of the molecule is Oc1ccccc1-c1nc(C=Cc2ccccc2C(F)(F)F)no1. The van der Waals surface area contributed by atoms with E-state index in [1.807, 2.05) is 0 Å². The quantitative estimate of drug-likeness (QED) is 0.759. The highest BCUT2D eigenvalue weighted by molar-refractivity contribution is 5.70. The minimum Gasteiger partial charge on any atom is -0.507 e. The zero-order chi connectivity index (χ0) is 17.2. The third-order valence-electron chi connectivity index (χ3n) is 3.25. The Morgan fingerprint density at radius 3 is 2.42 bits per heavy atom. The minimum atomic E-state index is -4.45. The summed E-state index contributed by atoms with van der Waals surface area (Å²) in [6, 6.07) is 11.6. The van der Waals surface area contributed by atoms with Crippen molar-refractivity contribution in [3.05, 3.63) is 65.5 Å². The molecule has 0 aliphatic heterocycles. The van der Waals surface area contributed by atoms with Crippen LogP contribution < -0.4 is 0 Å². The number of aromatic nitrogens is 2. The summed E-state index contributed by atoms with van der Waals surface area (Å²) in [7, 11) is 0. The Labute approximate surface area is 134 Å². The molecule has 24 heavy (non-hydrogen) atoms. The standard InChI is InChI=1S/C17H11F3N2O2/c18-17(19,20)13-7-3-1-5-11(13)9-10-15-21-16(24-22-15)12-6-2-4-8-14(12)23/h1-10,23H. The number of benzene rings is 2. The molecule has 0 radical (unpaired) electrons. The van der Waals surface area contributed by atoms with Crippen molar-refractivity contribution in [1.82, 2.24) is 10.1 Å². The smallest absolute Gasteiger partial charge is 0.416 e. The molecule has 0 aliphatic carbocycles. The third-order valence-corrected chi connectivity index (χ3v) is 3.25. The molecule has 0 saturated carbocycles. The zero-order valence-corrected chi connectivity index (χ0v) is 12.2. The Balaban J connectivity index is 1.89. The van der Waals surface area contributed by atoms with Crippen LogP contribution in [0, 0.1) is 0 Å². The average Bonchev–Trinajstić information content (AvgIpc) is 3.01. The van der Waals surface area contributed by atoms with E-state index in [9.17, 15) is 18.3 Å². The van der Waals surface area contributed by atoms with Crippen molar-refractivity contribution < 1.29 is 22.8 Å². The molecule has 0 unspecified atom stereocenters. The van der Waals surface area contributed by atoms with Gasteiger partial charge in [0, 0.05) is 0 Å². The van der Waals surface area contributed by atoms with Gasteiger partial charge in [0.15, 0.2) is 5.82 Å². The summed E-state index contributed by atoms with van der Waals surface area (Å²) in [6.45, 7) is 0. The number of phenols is 1. The Hall–Kier alpha value is -3.09. The van der Waals surface area contributed by atoms with Gasteiger partial charge in [-0.25, -0.2) is 0 Å². The van der Waals surface area contributed by atoms with Gasteiger partial charge >= 0.3 is 6.18 Å². The monoisotopic (exact) mass is 332 g/mol. The van der Waals surface area contributed by atoms with E-state index in [1.54, 1.807) is 18.2 Å². The van der Waals surface area contributed by atoms with Gasteiger partial charge in [-0.15, -0.1) is 0 Å². The molecule has 122 valence electrons. The van der Waals surface area contributed by atoms with E-state index in [4.69, 9.17) is 4.52 Å². The summed E-state index contributed by atoms with van der Waals surface area (Å²) in [4.78, 5) is 4.04. The first-order valence-electron chi connectivity index (χ1n) is 6.91. The second-order valence-corrected chi connectivity index (χ2v) is 4.89. The molecule has 7 heteroatoms. The van der Waals surface area contributed by atoms with E-state index in [0.29, 0.717) is 5.56 Å². The van der Waals surface area contributed by atoms with E-state index in [0.717, 1.165) is 6.07 Å². The predicted octanol–water partition coefficient (Wildman–Crippen LogP) is 4.63. The number of halogens is 3. The normalized spacial score (nSPS) is 12.0. The lowest BCUT2D eigenvalue weighted by atomic mass is 10.1. The Morgan fingerprint density at radius 1 is 0.958 bits per heavy atom. The molecule has 0 bridgehead atoms. The highest BCUT2D eigenvalue weighted by Crippen LogP contribution is 2.32. The Kier molecular flexibility index (Phi) is 4.07. The fourth-order valence-electron chi connectivity index (χ4n) is 2.13. The first-order chi connectivity index (χ1) is 11.4. The van der Waals surface area contributed by atoms with Crippen LogP contribution in [0.1, 0.15) is 17.0 Å². The van der Waals surface area contributed by atoms with Crippen molar-refractivity contribution in [2.75, 3.05) is 0 Å². The van der Waals surface area contributed by atoms with Crippen molar-refractivity contribution in [3.63, 3.8) is 0 Å². The third kappa shape index (κ3) is 3.29. The van der Waals surface area contributed by atoms with Crippen LogP contribution in [0.5, 0.6) is 5.75 Å². The molecule has 3 rings (SSSR count). The molecule has 4 nitrogen and oxygen atoms in total. The Bertz CT molecular complexity index is 885. The molecule has 2 aromatic carbocycles. The van der Waals surface area contributed by atoms with E-state index < -0.39 is 11.7 Å². The van der Waals surface area contributed by atoms with Gasteiger partial charge in [0.2, 0.25) is 0 Å². The second kappa shape index (κ2) is 6.19. The molecular weight excluding hydrogens is 321 g/mol. The summed E-state index contributed by atoms with van der Waals surface area (Å²) in [5.41, 5.74) is -0.398. The maximum absolute atomic E-state index is 12.9. The molecule has 0 amide bonds. The highest BCUT2D eigenvalue weighted by atomic mass is 19.4. The zero-order valence-electron chi connectivity index (χ0n) is 12.2. The van der Waals surface area contributed by atoms with Gasteiger partial charge in [0.05, 0.1) is 11.1 Å². The maximum Gasteiger partial charge on any atom is 0.416 e. The van der Waals surface area contributed by atoms with E-state index >= 15 is 0 Å². The lowest BCUT2D eigenvalue weighted by Gasteiger charge is -2.09. The number of hydrogen-bond donors (Lipinski definition) is 1. The van der Waals surface area contributed by atoms with Gasteiger partial charge in [-0.05, 0) is 29.8 Å². The molecule has 0 spiro atoms. The van der Waals surface area contributed by atoms with Gasteiger partial charge in [0.1, 0.15) is 5.75 Å². The molecule has 1 aromatic heterocycles. The fourth-order valence-corrected chi connectivity index (χ4v) is 2.13. The fraction of sp³-hybridized carbons (Fsp3) is 0.0588. The molecular formula is C17H11F3N2O2. The first kappa shape index (κ1) is 15.8. The number of alkyl halides is 3. The lowest BCUT2D eigenvalue weighted by molar-refractivity contribution is -0.137. The van der Waals surface area contributed by atoms with Crippen LogP contribution in [0.15, 0.2) is 53.1 Å². The van der Waals surface area contributed by atoms with E-state index in [2.05, 4.69) is 10.1 Å². The van der Waals surface area contributed by atoms with E-state index in [-0.39, 0.29) is 23.0 Å². The lowest BCUT2D eigenvalue weighted by Crippen LogP contribution is -2.06. The van der Waals surface area contributed by atoms with Crippen LogP contribution >= 0.6 is 0 Å². The first-order valence-corrected chi connectivity index (χ1v) is 6.91. The number of aromatic hydroxyl groups is 1. The highest BCUT2D eigenvalue weighted by Gasteiger charge is 2.32. The largest absolute Gasteiger partial charge is 0.507 e. The van der Waals surface area contributed by atoms with Crippen molar-refractivity contribution in [2.24, 2.45) is 0 Å². The number of nitrogens with zero attached hydrogens (tertiary/aromatic N) is 2. The van der Waals surface area contributed by atoms with Crippen LogP contribution in [-0.2, 0) is 6.18 Å². The molecule has 0 aliphatic rings. The minimum absolute atomic E-state index is 0.00101. The predicted molar refractivity (Wildman–Crippen MR) is 81.8 cm³/mol. The number of para-hydroxylation sites is 1. The van der Waals surface area contributed by atoms with Gasteiger partial charge < -0.3 is 9.63 Å². The van der Waals surface area contributed by atoms with Crippen molar-refractivity contribution in [2.45, 2.75) is 6.18 Å². The summed E-state index contributed by atoms with van der Waals surface area (Å²) in [6.07, 6.45) is -1.86. The van der Waals surface area contributed by atoms with Crippen molar-refractivity contribution >= 4 is 12.2 Å². The van der Waals surface area contributed by atoms with Crippen molar-refractivity contribution in [3.8, 4) is 17.2 Å². The number of rotatable bonds is 3. The summed E-state index contributed by atoms with van der Waals surface area (Å²) < 4.78 is 43.8. The molecule has 0 saturated heterocycles. The molecule has 1 N–H and O–H groups in total. The Morgan fingerprint density at radius 2 is 1.67 bits per heavy atom. The van der Waals surface area contributed by atoms with Gasteiger partial charge in [-0.2, -0.15) is 18.2 Å². The molecule has 1 heterocycles. The summed E-state index contributed by atoms with van der Waals surface area (Å²) in [5, 5.41) is 13.4. The number of phenolic OH excluding ortho intramolecular Hbond substituents is 1. The van der Waals surface area contributed by atoms with Crippen LogP contribution in [0.4, 0.5) is 13.2 Å². The molecule has 3 aromatic rings. The van der Waals surface area contributed by atoms with Crippen LogP contribution in [0.25, 0.3) is 23.6 Å². The second-order valence-electron chi connectivity index (χ2n) is 4.89. The van der Waals surface area contributed by atoms with Crippen molar-refractivity contribution in [1.29, 1.82) is 0 Å². The average molecular weight is 332 g/mol. The van der Waals surface area contributed by atoms with Crippen LogP contribution in [0.3, 0.4) is 0 Å². The molecule has 0 atom stereocenters. The maximum atomic E-state index is 12.9. The van der Waals surface area contributed by atoms with Gasteiger partial charge in [0.25, 0.3) is 5.89 Å². The summed E-state index contributed by atoms with van der Waals surface area (Å²) >= 11 is 0. The summed E-state index contributed by atoms with van der Waals surface area (Å²) in [5.74, 6) is 0.154. The van der Waals surface area contributed by atoms with E-state index in [1.165, 1.54) is 36.4 Å². The van der Waals surface area contributed by atoms with Crippen LogP contribution in [-0.4, -0.2) is 15.2 Å². The molecule has 0 fully saturated rings.